The van der Waals surface area contributed by atoms with Crippen LogP contribution >= 0.6 is 0 Å². The Balaban J connectivity index is 1.87. The van der Waals surface area contributed by atoms with E-state index in [-0.39, 0.29) is 0 Å². The van der Waals surface area contributed by atoms with Gasteiger partial charge in [0.15, 0.2) is 0 Å². The van der Waals surface area contributed by atoms with Crippen molar-refractivity contribution >= 4 is 39.8 Å². The van der Waals surface area contributed by atoms with Crippen LogP contribution in [0.15, 0.2) is 65.9 Å². The van der Waals surface area contributed by atoms with Gasteiger partial charge < -0.3 is 15.5 Å². The van der Waals surface area contributed by atoms with Crippen LogP contribution in [0.3, 0.4) is 0 Å². The van der Waals surface area contributed by atoms with Gasteiger partial charge in [-0.3, -0.25) is 9.98 Å². The number of hydrogen-bond acceptors (Lipinski definition) is 5. The molecular weight excluding hydrogens is 394 g/mol. The van der Waals surface area contributed by atoms with Crippen LogP contribution in [0, 0.1) is 6.92 Å². The normalized spacial score (nSPS) is 17.3. The van der Waals surface area contributed by atoms with Gasteiger partial charge in [-0.05, 0) is 69.5 Å². The first-order valence-electron chi connectivity index (χ1n) is 11.5. The molecule has 32 heavy (non-hydrogen) atoms. The van der Waals surface area contributed by atoms with Gasteiger partial charge in [-0.2, -0.15) is 0 Å². The highest BCUT2D eigenvalue weighted by Gasteiger charge is 2.33. The summed E-state index contributed by atoms with van der Waals surface area (Å²) in [7, 11) is 0. The highest BCUT2D eigenvalue weighted by Crippen LogP contribution is 2.46. The number of aromatic nitrogens is 1. The summed E-state index contributed by atoms with van der Waals surface area (Å²) < 4.78 is 0. The number of para-hydroxylation sites is 1. The molecule has 2 unspecified atom stereocenters. The number of hydrogen-bond donors (Lipinski definition) is 2. The second-order valence-electron chi connectivity index (χ2n) is 8.66. The minimum absolute atomic E-state index is 0.364. The van der Waals surface area contributed by atoms with Crippen LogP contribution in [-0.4, -0.2) is 22.8 Å². The van der Waals surface area contributed by atoms with E-state index in [1.54, 1.807) is 0 Å². The summed E-state index contributed by atoms with van der Waals surface area (Å²) in [5, 5.41) is 7.37. The molecule has 0 aliphatic carbocycles. The third-order valence-corrected chi connectivity index (χ3v) is 5.90. The van der Waals surface area contributed by atoms with Crippen molar-refractivity contribution < 1.29 is 0 Å². The number of aryl methyl sites for hydroxylation is 1. The number of nitrogens with zero attached hydrogens (tertiary/aromatic N) is 3. The number of pyridine rings is 1. The van der Waals surface area contributed by atoms with Crippen molar-refractivity contribution in [1.82, 2.24) is 4.98 Å². The van der Waals surface area contributed by atoms with Gasteiger partial charge in [-0.1, -0.05) is 32.0 Å². The minimum Gasteiger partial charge on any atom is -0.378 e. The molecule has 166 valence electrons. The van der Waals surface area contributed by atoms with Gasteiger partial charge in [-0.15, -0.1) is 0 Å². The summed E-state index contributed by atoms with van der Waals surface area (Å²) in [6.07, 6.45) is 5.83. The molecule has 2 atom stereocenters. The lowest BCUT2D eigenvalue weighted by atomic mass is 9.94. The quantitative estimate of drug-likeness (QED) is 0.403. The molecule has 2 heterocycles. The van der Waals surface area contributed by atoms with Crippen molar-refractivity contribution in [2.24, 2.45) is 4.99 Å². The maximum atomic E-state index is 4.88. The predicted molar refractivity (Wildman–Crippen MR) is 138 cm³/mol. The molecule has 1 aromatic heterocycles. The van der Waals surface area contributed by atoms with Crippen molar-refractivity contribution in [3.8, 4) is 0 Å². The Morgan fingerprint density at radius 1 is 1.06 bits per heavy atom. The molecule has 0 radical (unpaired) electrons. The van der Waals surface area contributed by atoms with Gasteiger partial charge >= 0.3 is 0 Å². The van der Waals surface area contributed by atoms with Gasteiger partial charge in [0.25, 0.3) is 0 Å². The Morgan fingerprint density at radius 3 is 2.50 bits per heavy atom. The van der Waals surface area contributed by atoms with Crippen LogP contribution in [0.4, 0.5) is 34.1 Å². The van der Waals surface area contributed by atoms with Gasteiger partial charge in [0.05, 0.1) is 40.7 Å². The number of anilines is 5. The van der Waals surface area contributed by atoms with E-state index < -0.39 is 0 Å². The van der Waals surface area contributed by atoms with Crippen LogP contribution in [0.1, 0.15) is 46.1 Å². The Bertz CT molecular complexity index is 1100. The molecule has 2 N–H and O–H groups in total. The fourth-order valence-corrected chi connectivity index (χ4v) is 4.52. The molecule has 2 aromatic carbocycles. The van der Waals surface area contributed by atoms with Crippen LogP contribution < -0.4 is 15.5 Å². The van der Waals surface area contributed by atoms with E-state index in [9.17, 15) is 0 Å². The molecule has 0 spiro atoms. The lowest BCUT2D eigenvalue weighted by molar-refractivity contribution is 0.507. The smallest absolute Gasteiger partial charge is 0.0885 e. The minimum atomic E-state index is 0.364. The summed E-state index contributed by atoms with van der Waals surface area (Å²) in [6, 6.07) is 17.9. The average Bonchev–Trinajstić information content (AvgIpc) is 2.78. The van der Waals surface area contributed by atoms with Crippen molar-refractivity contribution in [2.45, 2.75) is 59.5 Å². The van der Waals surface area contributed by atoms with Crippen molar-refractivity contribution in [3.05, 3.63) is 66.5 Å². The third-order valence-electron chi connectivity index (χ3n) is 5.90. The number of aliphatic imine (C=N–C) groups is 1. The first-order valence-corrected chi connectivity index (χ1v) is 11.5. The highest BCUT2D eigenvalue weighted by molar-refractivity contribution is 5.92. The molecule has 0 fully saturated rings. The van der Waals surface area contributed by atoms with E-state index in [4.69, 9.17) is 4.99 Å². The molecule has 0 bridgehead atoms. The molecule has 5 nitrogen and oxygen atoms in total. The van der Waals surface area contributed by atoms with Crippen molar-refractivity contribution in [3.63, 3.8) is 0 Å². The monoisotopic (exact) mass is 427 g/mol. The Hall–Kier alpha value is -3.34. The number of nitrogens with one attached hydrogen (secondary N) is 2. The van der Waals surface area contributed by atoms with Gasteiger partial charge in [0, 0.05) is 23.6 Å². The maximum Gasteiger partial charge on any atom is 0.0885 e. The molecule has 1 aliphatic heterocycles. The zero-order chi connectivity index (χ0) is 22.7. The lowest BCUT2D eigenvalue weighted by Gasteiger charge is -2.44. The van der Waals surface area contributed by atoms with Crippen LogP contribution in [0.2, 0.25) is 0 Å². The molecule has 1 aliphatic rings. The van der Waals surface area contributed by atoms with Crippen molar-refractivity contribution in [1.29, 1.82) is 0 Å². The summed E-state index contributed by atoms with van der Waals surface area (Å²) in [4.78, 5) is 11.7. The molecule has 0 saturated heterocycles. The standard InChI is InChI=1S/C27H33N5/c1-6-22-26(7-2)32(21-11-9-8-10-12-21)27-15-24(29-18(3)4)23(14-25(27)31-22)30-20-13-19(5)16-28-17-20/h8-17,22,26,30-31H,6-7H2,1-5H3. The predicted octanol–water partition coefficient (Wildman–Crippen LogP) is 7.37. The summed E-state index contributed by atoms with van der Waals surface area (Å²) >= 11 is 0. The summed E-state index contributed by atoms with van der Waals surface area (Å²) in [6.45, 7) is 10.6. The second kappa shape index (κ2) is 9.43. The zero-order valence-corrected chi connectivity index (χ0v) is 19.7. The lowest BCUT2D eigenvalue weighted by Crippen LogP contribution is -2.48. The van der Waals surface area contributed by atoms with Gasteiger partial charge in [0.2, 0.25) is 0 Å². The Kier molecular flexibility index (Phi) is 6.45. The molecule has 0 amide bonds. The Morgan fingerprint density at radius 2 is 1.84 bits per heavy atom. The van der Waals surface area contributed by atoms with E-state index in [1.165, 1.54) is 11.4 Å². The van der Waals surface area contributed by atoms with Gasteiger partial charge in [-0.25, -0.2) is 0 Å². The largest absolute Gasteiger partial charge is 0.378 e. The molecule has 5 heteroatoms. The van der Waals surface area contributed by atoms with E-state index in [1.807, 2.05) is 26.2 Å². The summed E-state index contributed by atoms with van der Waals surface area (Å²) in [5.41, 5.74) is 8.51. The molecule has 4 rings (SSSR count). The maximum absolute atomic E-state index is 4.88. The van der Waals surface area contributed by atoms with E-state index >= 15 is 0 Å². The highest BCUT2D eigenvalue weighted by atomic mass is 15.2. The zero-order valence-electron chi connectivity index (χ0n) is 19.7. The first-order chi connectivity index (χ1) is 15.5. The molecule has 0 saturated carbocycles. The average molecular weight is 428 g/mol. The SMILES string of the molecule is CCC1Nc2cc(Nc3cncc(C)c3)c(N=C(C)C)cc2N(c2ccccc2)C1CC. The summed E-state index contributed by atoms with van der Waals surface area (Å²) in [5.74, 6) is 0. The first kappa shape index (κ1) is 21.9. The van der Waals surface area contributed by atoms with E-state index in [0.717, 1.165) is 46.9 Å². The molecule has 3 aromatic rings. The third kappa shape index (κ3) is 4.47. The number of rotatable bonds is 6. The van der Waals surface area contributed by atoms with Gasteiger partial charge in [0.1, 0.15) is 0 Å². The van der Waals surface area contributed by atoms with E-state index in [0.29, 0.717) is 12.1 Å². The van der Waals surface area contributed by atoms with Crippen LogP contribution in [-0.2, 0) is 0 Å². The fraction of sp³-hybridized carbons (Fsp3) is 0.333. The van der Waals surface area contributed by atoms with E-state index in [2.05, 4.69) is 89.8 Å². The fourth-order valence-electron chi connectivity index (χ4n) is 4.52. The Labute approximate surface area is 191 Å². The second-order valence-corrected chi connectivity index (χ2v) is 8.66. The number of fused-ring (bicyclic) bond motifs is 1. The topological polar surface area (TPSA) is 52.6 Å². The van der Waals surface area contributed by atoms with Crippen LogP contribution in [0.5, 0.6) is 0 Å². The number of benzene rings is 2. The van der Waals surface area contributed by atoms with Crippen LogP contribution in [0.25, 0.3) is 0 Å². The van der Waals surface area contributed by atoms with Crippen molar-refractivity contribution in [2.75, 3.05) is 15.5 Å². The molecular formula is C27H33N5.